The summed E-state index contributed by atoms with van der Waals surface area (Å²) in [5.74, 6) is 0.712. The highest BCUT2D eigenvalue weighted by Crippen LogP contribution is 2.51. The Balaban J connectivity index is 1.07. The summed E-state index contributed by atoms with van der Waals surface area (Å²) in [4.78, 5) is 10.3. The van der Waals surface area contributed by atoms with Crippen LogP contribution >= 0.6 is 0 Å². The van der Waals surface area contributed by atoms with Crippen molar-refractivity contribution in [1.82, 2.24) is 9.97 Å². The van der Waals surface area contributed by atoms with Crippen molar-refractivity contribution in [2.45, 2.75) is 19.3 Å². The van der Waals surface area contributed by atoms with Gasteiger partial charge in [-0.1, -0.05) is 190 Å². The van der Waals surface area contributed by atoms with E-state index in [-0.39, 0.29) is 5.41 Å². The third-order valence-corrected chi connectivity index (χ3v) is 11.3. The van der Waals surface area contributed by atoms with Crippen molar-refractivity contribution in [3.8, 4) is 78.4 Å². The Morgan fingerprint density at radius 1 is 0.309 bits per heavy atom. The number of hydrogen-bond acceptors (Lipinski definition) is 2. The molecule has 2 heteroatoms. The highest BCUT2D eigenvalue weighted by Gasteiger charge is 2.36. The maximum absolute atomic E-state index is 5.22. The smallest absolute Gasteiger partial charge is 0.160 e. The van der Waals surface area contributed by atoms with E-state index in [1.807, 2.05) is 18.2 Å². The molecule has 8 aromatic carbocycles. The van der Waals surface area contributed by atoms with Gasteiger partial charge in [0.05, 0.1) is 11.4 Å². The van der Waals surface area contributed by atoms with E-state index >= 15 is 0 Å². The van der Waals surface area contributed by atoms with Crippen LogP contribution in [0, 0.1) is 0 Å². The first kappa shape index (κ1) is 32.7. The average Bonchev–Trinajstić information content (AvgIpc) is 3.48. The predicted octanol–water partition coefficient (Wildman–Crippen LogP) is 13.9. The van der Waals surface area contributed by atoms with Crippen LogP contribution in [0.5, 0.6) is 0 Å². The molecule has 1 aromatic heterocycles. The van der Waals surface area contributed by atoms with Crippen molar-refractivity contribution in [2.75, 3.05) is 0 Å². The number of fused-ring (bicyclic) bond motifs is 4. The Morgan fingerprint density at radius 3 is 1.36 bits per heavy atom. The molecule has 0 N–H and O–H groups in total. The Kier molecular flexibility index (Phi) is 7.85. The molecule has 0 unspecified atom stereocenters. The lowest BCUT2D eigenvalue weighted by molar-refractivity contribution is 0.661. The molecule has 0 amide bonds. The molecular weight excluding hydrogens is 665 g/mol. The molecule has 0 fully saturated rings. The summed E-state index contributed by atoms with van der Waals surface area (Å²) in [6, 6.07) is 69.6. The van der Waals surface area contributed by atoms with E-state index in [2.05, 4.69) is 190 Å². The summed E-state index contributed by atoms with van der Waals surface area (Å²) in [6.45, 7) is 4.73. The topological polar surface area (TPSA) is 25.8 Å². The second-order valence-electron chi connectivity index (χ2n) is 15.0. The molecule has 1 heterocycles. The van der Waals surface area contributed by atoms with Crippen molar-refractivity contribution >= 4 is 10.8 Å². The molecule has 9 aromatic rings. The van der Waals surface area contributed by atoms with Gasteiger partial charge in [0.2, 0.25) is 0 Å². The summed E-state index contributed by atoms with van der Waals surface area (Å²) < 4.78 is 0. The highest BCUT2D eigenvalue weighted by atomic mass is 14.9. The Morgan fingerprint density at radius 2 is 0.727 bits per heavy atom. The average molecular weight is 703 g/mol. The number of benzene rings is 8. The van der Waals surface area contributed by atoms with Crippen molar-refractivity contribution < 1.29 is 0 Å². The predicted molar refractivity (Wildman–Crippen MR) is 230 cm³/mol. The van der Waals surface area contributed by atoms with Gasteiger partial charge in [-0.25, -0.2) is 9.97 Å². The van der Waals surface area contributed by atoms with Crippen LogP contribution in [0.25, 0.3) is 89.2 Å². The zero-order valence-electron chi connectivity index (χ0n) is 30.9. The van der Waals surface area contributed by atoms with Crippen molar-refractivity contribution in [2.24, 2.45) is 0 Å². The van der Waals surface area contributed by atoms with Crippen LogP contribution in [-0.2, 0) is 5.41 Å². The van der Waals surface area contributed by atoms with Crippen LogP contribution in [0.15, 0.2) is 194 Å². The summed E-state index contributed by atoms with van der Waals surface area (Å²) in [5.41, 5.74) is 17.5. The summed E-state index contributed by atoms with van der Waals surface area (Å²) in [5, 5.41) is 2.37. The molecule has 0 spiro atoms. The second-order valence-corrected chi connectivity index (χ2v) is 15.0. The zero-order valence-corrected chi connectivity index (χ0v) is 30.9. The van der Waals surface area contributed by atoms with Gasteiger partial charge >= 0.3 is 0 Å². The number of nitrogens with zero attached hydrogens (tertiary/aromatic N) is 2. The van der Waals surface area contributed by atoms with Crippen LogP contribution in [-0.4, -0.2) is 9.97 Å². The third kappa shape index (κ3) is 5.75. The fourth-order valence-electron chi connectivity index (χ4n) is 8.40. The lowest BCUT2D eigenvalue weighted by atomic mass is 9.80. The molecule has 0 saturated heterocycles. The number of aromatic nitrogens is 2. The molecule has 1 aliphatic rings. The Hall–Kier alpha value is -6.90. The van der Waals surface area contributed by atoms with Gasteiger partial charge < -0.3 is 0 Å². The molecule has 0 atom stereocenters. The monoisotopic (exact) mass is 702 g/mol. The minimum absolute atomic E-state index is 0.133. The van der Waals surface area contributed by atoms with Crippen molar-refractivity contribution in [3.05, 3.63) is 205 Å². The fraction of sp³-hybridized carbons (Fsp3) is 0.0566. The Labute approximate surface area is 322 Å². The van der Waals surface area contributed by atoms with E-state index in [0.29, 0.717) is 5.82 Å². The molecule has 10 rings (SSSR count). The molecule has 2 nitrogen and oxygen atoms in total. The first-order chi connectivity index (χ1) is 27.0. The van der Waals surface area contributed by atoms with Crippen LogP contribution in [0.4, 0.5) is 0 Å². The van der Waals surface area contributed by atoms with Crippen LogP contribution in [0.2, 0.25) is 0 Å². The lowest BCUT2D eigenvalue weighted by Gasteiger charge is -2.23. The van der Waals surface area contributed by atoms with Crippen molar-refractivity contribution in [3.63, 3.8) is 0 Å². The van der Waals surface area contributed by atoms with Gasteiger partial charge in [0, 0.05) is 22.1 Å². The summed E-state index contributed by atoms with van der Waals surface area (Å²) in [7, 11) is 0. The zero-order chi connectivity index (χ0) is 36.9. The van der Waals surface area contributed by atoms with Crippen LogP contribution < -0.4 is 0 Å². The van der Waals surface area contributed by atoms with E-state index < -0.39 is 0 Å². The maximum atomic E-state index is 5.22. The second kappa shape index (κ2) is 13.2. The van der Waals surface area contributed by atoms with E-state index in [1.165, 1.54) is 66.4 Å². The van der Waals surface area contributed by atoms with E-state index in [4.69, 9.17) is 9.97 Å². The SMILES string of the molecule is CC1(C)c2cc(-c3ccccc3)ccc2-c2ccc(-c3ccc(-c4cc(-c5ccc(-c6ccccc6)cc5)nc(-c5ccccc5)n4)c4ccccc34)cc21. The molecule has 260 valence electrons. The quantitative estimate of drug-likeness (QED) is 0.172. The van der Waals surface area contributed by atoms with Gasteiger partial charge in [-0.15, -0.1) is 0 Å². The van der Waals surface area contributed by atoms with Gasteiger partial charge in [0.25, 0.3) is 0 Å². The third-order valence-electron chi connectivity index (χ3n) is 11.3. The summed E-state index contributed by atoms with van der Waals surface area (Å²) >= 11 is 0. The molecular formula is C53H38N2. The van der Waals surface area contributed by atoms with E-state index in [9.17, 15) is 0 Å². The van der Waals surface area contributed by atoms with Gasteiger partial charge in [-0.3, -0.25) is 0 Å². The van der Waals surface area contributed by atoms with Crippen LogP contribution in [0.1, 0.15) is 25.0 Å². The lowest BCUT2D eigenvalue weighted by Crippen LogP contribution is -2.15. The van der Waals surface area contributed by atoms with Gasteiger partial charge in [-0.2, -0.15) is 0 Å². The van der Waals surface area contributed by atoms with Gasteiger partial charge in [0.15, 0.2) is 5.82 Å². The molecule has 0 bridgehead atoms. The molecule has 0 radical (unpaired) electrons. The minimum atomic E-state index is -0.133. The van der Waals surface area contributed by atoms with Crippen LogP contribution in [0.3, 0.4) is 0 Å². The highest BCUT2D eigenvalue weighted by molar-refractivity contribution is 6.05. The fourth-order valence-corrected chi connectivity index (χ4v) is 8.40. The minimum Gasteiger partial charge on any atom is -0.228 e. The standard InChI is InChI=1S/C53H38N2/c1-53(2)48-32-40(36-16-8-4-9-17-36)26-28-45(48)46-29-27-41(33-49(46)53)42-30-31-47(44-21-13-12-20-43(42)44)51-34-50(54-52(55-51)39-18-10-5-11-19-39)38-24-22-37(23-25-38)35-14-6-3-7-15-35/h3-34H,1-2H3. The van der Waals surface area contributed by atoms with E-state index in [1.54, 1.807) is 0 Å². The van der Waals surface area contributed by atoms with E-state index in [0.717, 1.165) is 28.1 Å². The molecule has 1 aliphatic carbocycles. The molecule has 0 saturated carbocycles. The van der Waals surface area contributed by atoms with Crippen molar-refractivity contribution in [1.29, 1.82) is 0 Å². The number of hydrogen-bond donors (Lipinski definition) is 0. The molecule has 0 aliphatic heterocycles. The first-order valence-corrected chi connectivity index (χ1v) is 19.0. The largest absolute Gasteiger partial charge is 0.228 e. The number of rotatable bonds is 6. The summed E-state index contributed by atoms with van der Waals surface area (Å²) in [6.07, 6.45) is 0. The maximum Gasteiger partial charge on any atom is 0.160 e. The van der Waals surface area contributed by atoms with Gasteiger partial charge in [0.1, 0.15) is 0 Å². The first-order valence-electron chi connectivity index (χ1n) is 19.0. The normalized spacial score (nSPS) is 12.7. The molecule has 55 heavy (non-hydrogen) atoms. The Bertz CT molecular complexity index is 2860. The van der Waals surface area contributed by atoms with Gasteiger partial charge in [-0.05, 0) is 84.6 Å².